The molecule has 3 aromatic rings. The summed E-state index contributed by atoms with van der Waals surface area (Å²) in [7, 11) is 0. The van der Waals surface area contributed by atoms with E-state index < -0.39 is 12.1 Å². The third-order valence-corrected chi connectivity index (χ3v) is 5.01. The van der Waals surface area contributed by atoms with Crippen molar-refractivity contribution in [2.45, 2.75) is 12.5 Å². The standard InChI is InChI=1S/C21H17ClO3S/c22-20-14-13-19(26-20)16-9-11-17(12-10-16)25-18(21(23)24)8-4-7-15-5-2-1-3-6-15/h1-7,9-14,18H,8H2,(H,23,24)/b7-4-. The van der Waals surface area contributed by atoms with Crippen LogP contribution in [0, 0.1) is 0 Å². The molecule has 0 aliphatic heterocycles. The number of carbonyl (C=O) groups is 1. The van der Waals surface area contributed by atoms with Gasteiger partial charge in [-0.15, -0.1) is 11.3 Å². The van der Waals surface area contributed by atoms with Crippen LogP contribution in [0.5, 0.6) is 5.75 Å². The van der Waals surface area contributed by atoms with Crippen molar-refractivity contribution < 1.29 is 14.6 Å². The molecule has 0 saturated heterocycles. The van der Waals surface area contributed by atoms with E-state index in [4.69, 9.17) is 16.3 Å². The molecule has 1 heterocycles. The van der Waals surface area contributed by atoms with Gasteiger partial charge in [0, 0.05) is 11.3 Å². The molecule has 0 fully saturated rings. The van der Waals surface area contributed by atoms with Crippen LogP contribution in [0.1, 0.15) is 12.0 Å². The van der Waals surface area contributed by atoms with Crippen LogP contribution in [0.2, 0.25) is 4.34 Å². The molecule has 3 rings (SSSR count). The van der Waals surface area contributed by atoms with Crippen molar-refractivity contribution in [3.05, 3.63) is 82.7 Å². The summed E-state index contributed by atoms with van der Waals surface area (Å²) in [6.07, 6.45) is 3.06. The van der Waals surface area contributed by atoms with Gasteiger partial charge in [0.25, 0.3) is 0 Å². The van der Waals surface area contributed by atoms with E-state index in [1.165, 1.54) is 11.3 Å². The molecule has 1 unspecified atom stereocenters. The largest absolute Gasteiger partial charge is 0.478 e. The predicted octanol–water partition coefficient (Wildman–Crippen LogP) is 6.00. The van der Waals surface area contributed by atoms with Gasteiger partial charge in [-0.1, -0.05) is 54.1 Å². The van der Waals surface area contributed by atoms with Crippen LogP contribution in [0.4, 0.5) is 0 Å². The molecule has 132 valence electrons. The molecule has 5 heteroatoms. The second-order valence-electron chi connectivity index (χ2n) is 5.62. The highest BCUT2D eigenvalue weighted by Crippen LogP contribution is 2.32. The fourth-order valence-corrected chi connectivity index (χ4v) is 3.47. The summed E-state index contributed by atoms with van der Waals surface area (Å²) in [6, 6.07) is 20.9. The summed E-state index contributed by atoms with van der Waals surface area (Å²) in [5, 5.41) is 9.40. The molecule has 0 aliphatic rings. The maximum Gasteiger partial charge on any atom is 0.345 e. The number of ether oxygens (including phenoxy) is 1. The van der Waals surface area contributed by atoms with Gasteiger partial charge >= 0.3 is 5.97 Å². The lowest BCUT2D eigenvalue weighted by atomic mass is 10.1. The number of carboxylic acid groups (broad SMARTS) is 1. The third kappa shape index (κ3) is 4.97. The maximum absolute atomic E-state index is 11.5. The summed E-state index contributed by atoms with van der Waals surface area (Å²) in [5.41, 5.74) is 2.04. The van der Waals surface area contributed by atoms with E-state index in [1.807, 2.05) is 66.7 Å². The molecule has 1 atom stereocenters. The molecule has 0 spiro atoms. The number of halogens is 1. The van der Waals surface area contributed by atoms with Crippen molar-refractivity contribution in [1.82, 2.24) is 0 Å². The number of aliphatic carboxylic acids is 1. The Hall–Kier alpha value is -2.56. The Labute approximate surface area is 161 Å². The van der Waals surface area contributed by atoms with Crippen LogP contribution in [0.15, 0.2) is 72.8 Å². The smallest absolute Gasteiger partial charge is 0.345 e. The van der Waals surface area contributed by atoms with Gasteiger partial charge in [-0.05, 0) is 47.5 Å². The topological polar surface area (TPSA) is 46.5 Å². The Morgan fingerprint density at radius 2 is 1.81 bits per heavy atom. The number of rotatable bonds is 7. The fraction of sp³-hybridized carbons (Fsp3) is 0.0952. The van der Waals surface area contributed by atoms with Crippen molar-refractivity contribution in [3.63, 3.8) is 0 Å². The minimum atomic E-state index is -0.989. The van der Waals surface area contributed by atoms with Crippen LogP contribution < -0.4 is 4.74 Å². The van der Waals surface area contributed by atoms with Gasteiger partial charge in [-0.3, -0.25) is 0 Å². The van der Waals surface area contributed by atoms with Crippen molar-refractivity contribution in [2.75, 3.05) is 0 Å². The van der Waals surface area contributed by atoms with Gasteiger partial charge in [0.15, 0.2) is 6.10 Å². The SMILES string of the molecule is O=C(O)C(C/C=C\c1ccccc1)Oc1ccc(-c2ccc(Cl)s2)cc1. The maximum atomic E-state index is 11.5. The average Bonchev–Trinajstić information content (AvgIpc) is 3.08. The Kier molecular flexibility index (Phi) is 6.10. The molecule has 1 N–H and O–H groups in total. The second kappa shape index (κ2) is 8.70. The number of thiophene rings is 1. The first-order valence-electron chi connectivity index (χ1n) is 8.08. The number of carboxylic acids is 1. The van der Waals surface area contributed by atoms with E-state index in [2.05, 4.69) is 0 Å². The molecule has 0 saturated carbocycles. The fourth-order valence-electron chi connectivity index (χ4n) is 2.42. The molecule has 0 aliphatic carbocycles. The molecular formula is C21H17ClO3S. The molecule has 2 aromatic carbocycles. The molecular weight excluding hydrogens is 368 g/mol. The highest BCUT2D eigenvalue weighted by atomic mass is 35.5. The lowest BCUT2D eigenvalue weighted by Gasteiger charge is -2.13. The lowest BCUT2D eigenvalue weighted by molar-refractivity contribution is -0.144. The zero-order chi connectivity index (χ0) is 18.4. The van der Waals surface area contributed by atoms with Crippen molar-refractivity contribution in [1.29, 1.82) is 0 Å². The molecule has 0 bridgehead atoms. The van der Waals surface area contributed by atoms with Crippen LogP contribution in [0.25, 0.3) is 16.5 Å². The third-order valence-electron chi connectivity index (χ3n) is 3.73. The van der Waals surface area contributed by atoms with Gasteiger partial charge in [-0.25, -0.2) is 4.79 Å². The Balaban J connectivity index is 1.64. The van der Waals surface area contributed by atoms with E-state index in [0.29, 0.717) is 5.75 Å². The number of hydrogen-bond acceptors (Lipinski definition) is 3. The first-order valence-corrected chi connectivity index (χ1v) is 9.28. The highest BCUT2D eigenvalue weighted by molar-refractivity contribution is 7.19. The van der Waals surface area contributed by atoms with Crippen LogP contribution in [-0.2, 0) is 4.79 Å². The molecule has 0 amide bonds. The van der Waals surface area contributed by atoms with Gasteiger partial charge < -0.3 is 9.84 Å². The van der Waals surface area contributed by atoms with Crippen LogP contribution in [0.3, 0.4) is 0 Å². The zero-order valence-corrected chi connectivity index (χ0v) is 15.4. The first kappa shape index (κ1) is 18.2. The Bertz CT molecular complexity index is 885. The van der Waals surface area contributed by atoms with E-state index in [9.17, 15) is 9.90 Å². The quantitative estimate of drug-likeness (QED) is 0.543. The Morgan fingerprint density at radius 1 is 1.08 bits per heavy atom. The average molecular weight is 385 g/mol. The number of hydrogen-bond donors (Lipinski definition) is 1. The van der Waals surface area contributed by atoms with Gasteiger partial charge in [-0.2, -0.15) is 0 Å². The number of benzene rings is 2. The summed E-state index contributed by atoms with van der Waals surface area (Å²) in [4.78, 5) is 12.5. The van der Waals surface area contributed by atoms with Crippen molar-refractivity contribution >= 4 is 35.0 Å². The predicted molar refractivity (Wildman–Crippen MR) is 107 cm³/mol. The van der Waals surface area contributed by atoms with E-state index in [-0.39, 0.29) is 6.42 Å². The van der Waals surface area contributed by atoms with Gasteiger partial charge in [0.1, 0.15) is 5.75 Å². The minimum Gasteiger partial charge on any atom is -0.478 e. The van der Waals surface area contributed by atoms with Crippen LogP contribution in [-0.4, -0.2) is 17.2 Å². The summed E-state index contributed by atoms with van der Waals surface area (Å²) >= 11 is 7.46. The summed E-state index contributed by atoms with van der Waals surface area (Å²) in [6.45, 7) is 0. The van der Waals surface area contributed by atoms with E-state index in [0.717, 1.165) is 20.3 Å². The van der Waals surface area contributed by atoms with Crippen LogP contribution >= 0.6 is 22.9 Å². The van der Waals surface area contributed by atoms with Crippen molar-refractivity contribution in [2.24, 2.45) is 0 Å². The summed E-state index contributed by atoms with van der Waals surface area (Å²) in [5.74, 6) is -0.464. The molecule has 1 aromatic heterocycles. The molecule has 3 nitrogen and oxygen atoms in total. The van der Waals surface area contributed by atoms with E-state index in [1.54, 1.807) is 12.1 Å². The zero-order valence-electron chi connectivity index (χ0n) is 13.8. The second-order valence-corrected chi connectivity index (χ2v) is 7.34. The van der Waals surface area contributed by atoms with Gasteiger partial charge in [0.05, 0.1) is 4.34 Å². The van der Waals surface area contributed by atoms with Gasteiger partial charge in [0.2, 0.25) is 0 Å². The highest BCUT2D eigenvalue weighted by Gasteiger charge is 2.17. The molecule has 26 heavy (non-hydrogen) atoms. The van der Waals surface area contributed by atoms with E-state index >= 15 is 0 Å². The minimum absolute atomic E-state index is 0.284. The monoisotopic (exact) mass is 384 g/mol. The molecule has 0 radical (unpaired) electrons. The first-order chi connectivity index (χ1) is 12.6. The Morgan fingerprint density at radius 3 is 2.42 bits per heavy atom. The van der Waals surface area contributed by atoms with Crippen molar-refractivity contribution in [3.8, 4) is 16.2 Å². The summed E-state index contributed by atoms with van der Waals surface area (Å²) < 4.78 is 6.37. The lowest BCUT2D eigenvalue weighted by Crippen LogP contribution is -2.26. The normalized spacial score (nSPS) is 12.2.